The van der Waals surface area contributed by atoms with Crippen LogP contribution in [0.2, 0.25) is 0 Å². The Balaban J connectivity index is 1.59. The van der Waals surface area contributed by atoms with E-state index in [1.807, 2.05) is 44.2 Å². The molecule has 1 aliphatic heterocycles. The zero-order chi connectivity index (χ0) is 20.1. The van der Waals surface area contributed by atoms with Crippen LogP contribution >= 0.6 is 0 Å². The van der Waals surface area contributed by atoms with E-state index < -0.39 is 0 Å². The van der Waals surface area contributed by atoms with Crippen LogP contribution in [0.3, 0.4) is 0 Å². The number of ether oxygens (including phenoxy) is 3. The first-order chi connectivity index (χ1) is 13.4. The molecule has 0 unspecified atom stereocenters. The van der Waals surface area contributed by atoms with Gasteiger partial charge in [0.2, 0.25) is 5.91 Å². The Morgan fingerprint density at radius 1 is 1.07 bits per heavy atom. The first-order valence-corrected chi connectivity index (χ1v) is 9.83. The number of amides is 1. The van der Waals surface area contributed by atoms with E-state index in [4.69, 9.17) is 14.2 Å². The van der Waals surface area contributed by atoms with Crippen LogP contribution < -0.4 is 19.5 Å². The molecule has 1 N–H and O–H groups in total. The van der Waals surface area contributed by atoms with E-state index >= 15 is 0 Å². The Bertz CT molecular complexity index is 831. The van der Waals surface area contributed by atoms with Gasteiger partial charge < -0.3 is 19.5 Å². The Hall–Kier alpha value is -2.69. The molecule has 5 nitrogen and oxygen atoms in total. The third kappa shape index (κ3) is 4.97. The summed E-state index contributed by atoms with van der Waals surface area (Å²) in [5, 5.41) is 3.14. The van der Waals surface area contributed by atoms with Crippen molar-refractivity contribution in [2.24, 2.45) is 5.92 Å². The van der Waals surface area contributed by atoms with Crippen LogP contribution in [-0.2, 0) is 4.79 Å². The number of carbonyl (C=O) groups excluding carboxylic acids is 1. The molecule has 1 amide bonds. The Morgan fingerprint density at radius 3 is 2.57 bits per heavy atom. The number of hydrogen-bond donors (Lipinski definition) is 1. The third-order valence-electron chi connectivity index (χ3n) is 4.84. The maximum absolute atomic E-state index is 12.5. The van der Waals surface area contributed by atoms with Gasteiger partial charge in [0.1, 0.15) is 19.0 Å². The molecule has 0 spiro atoms. The van der Waals surface area contributed by atoms with Crippen molar-refractivity contribution in [1.82, 2.24) is 5.32 Å². The molecule has 1 heterocycles. The molecule has 0 aromatic heterocycles. The predicted octanol–water partition coefficient (Wildman–Crippen LogP) is 4.36. The molecule has 5 heteroatoms. The summed E-state index contributed by atoms with van der Waals surface area (Å²) in [5.41, 5.74) is 3.23. The molecule has 1 aliphatic rings. The van der Waals surface area contributed by atoms with Gasteiger partial charge in [-0.25, -0.2) is 0 Å². The zero-order valence-corrected chi connectivity index (χ0v) is 17.1. The Kier molecular flexibility index (Phi) is 6.45. The van der Waals surface area contributed by atoms with E-state index in [-0.39, 0.29) is 17.9 Å². The quantitative estimate of drug-likeness (QED) is 0.772. The van der Waals surface area contributed by atoms with Gasteiger partial charge in [-0.15, -0.1) is 0 Å². The molecule has 0 saturated heterocycles. The second-order valence-electron chi connectivity index (χ2n) is 7.56. The van der Waals surface area contributed by atoms with Crippen molar-refractivity contribution in [3.8, 4) is 17.2 Å². The number of nitrogens with one attached hydrogen (secondary N) is 1. The van der Waals surface area contributed by atoms with Gasteiger partial charge in [-0.3, -0.25) is 4.79 Å². The fourth-order valence-electron chi connectivity index (χ4n) is 3.25. The number of fused-ring (bicyclic) bond motifs is 1. The highest BCUT2D eigenvalue weighted by Crippen LogP contribution is 2.34. The summed E-state index contributed by atoms with van der Waals surface area (Å²) in [6.45, 7) is 9.68. The summed E-state index contributed by atoms with van der Waals surface area (Å²) >= 11 is 0. The maximum Gasteiger partial charge on any atom is 0.223 e. The fourth-order valence-corrected chi connectivity index (χ4v) is 3.25. The van der Waals surface area contributed by atoms with E-state index in [0.29, 0.717) is 26.2 Å². The fraction of sp³-hybridized carbons (Fsp3) is 0.435. The van der Waals surface area contributed by atoms with Gasteiger partial charge in [-0.1, -0.05) is 32.0 Å². The SMILES string of the molecule is Cc1ccc(C)c(OCCC(=O)N[C@H](c2ccc3c(c2)OCCO3)C(C)C)c1. The van der Waals surface area contributed by atoms with Crippen molar-refractivity contribution < 1.29 is 19.0 Å². The average Bonchev–Trinajstić information content (AvgIpc) is 2.68. The van der Waals surface area contributed by atoms with Crippen LogP contribution in [0, 0.1) is 19.8 Å². The van der Waals surface area contributed by atoms with E-state index in [9.17, 15) is 4.79 Å². The number of aryl methyl sites for hydroxylation is 2. The van der Waals surface area contributed by atoms with Crippen molar-refractivity contribution in [2.75, 3.05) is 19.8 Å². The lowest BCUT2D eigenvalue weighted by atomic mass is 9.95. The summed E-state index contributed by atoms with van der Waals surface area (Å²) in [6, 6.07) is 11.9. The molecular weight excluding hydrogens is 354 g/mol. The molecule has 28 heavy (non-hydrogen) atoms. The van der Waals surface area contributed by atoms with Gasteiger partial charge in [0, 0.05) is 0 Å². The number of hydrogen-bond acceptors (Lipinski definition) is 4. The van der Waals surface area contributed by atoms with Crippen molar-refractivity contribution in [1.29, 1.82) is 0 Å². The van der Waals surface area contributed by atoms with E-state index in [1.165, 1.54) is 0 Å². The molecule has 2 aromatic rings. The summed E-state index contributed by atoms with van der Waals surface area (Å²) in [6.07, 6.45) is 0.307. The predicted molar refractivity (Wildman–Crippen MR) is 109 cm³/mol. The molecule has 0 fully saturated rings. The van der Waals surface area contributed by atoms with Crippen LogP contribution in [0.5, 0.6) is 17.2 Å². The number of benzene rings is 2. The molecule has 1 atom stereocenters. The minimum absolute atomic E-state index is 0.0288. The topological polar surface area (TPSA) is 56.8 Å². The van der Waals surface area contributed by atoms with E-state index in [1.54, 1.807) is 0 Å². The van der Waals surface area contributed by atoms with E-state index in [2.05, 4.69) is 25.2 Å². The van der Waals surface area contributed by atoms with Crippen molar-refractivity contribution in [3.63, 3.8) is 0 Å². The average molecular weight is 383 g/mol. The lowest BCUT2D eigenvalue weighted by molar-refractivity contribution is -0.122. The zero-order valence-electron chi connectivity index (χ0n) is 17.1. The highest BCUT2D eigenvalue weighted by Gasteiger charge is 2.21. The van der Waals surface area contributed by atoms with E-state index in [0.717, 1.165) is 33.9 Å². The van der Waals surface area contributed by atoms with Crippen LogP contribution in [-0.4, -0.2) is 25.7 Å². The molecule has 2 aromatic carbocycles. The summed E-state index contributed by atoms with van der Waals surface area (Å²) in [7, 11) is 0. The smallest absolute Gasteiger partial charge is 0.223 e. The van der Waals surface area contributed by atoms with Gasteiger partial charge in [0.05, 0.1) is 19.1 Å². The van der Waals surface area contributed by atoms with Crippen LogP contribution in [0.1, 0.15) is 43.0 Å². The summed E-state index contributed by atoms with van der Waals surface area (Å²) in [4.78, 5) is 12.5. The highest BCUT2D eigenvalue weighted by atomic mass is 16.6. The molecule has 3 rings (SSSR count). The molecule has 150 valence electrons. The van der Waals surface area contributed by atoms with Gasteiger partial charge in [-0.05, 0) is 54.7 Å². The van der Waals surface area contributed by atoms with Gasteiger partial charge in [0.25, 0.3) is 0 Å². The van der Waals surface area contributed by atoms with Crippen LogP contribution in [0.4, 0.5) is 0 Å². The van der Waals surface area contributed by atoms with Crippen molar-refractivity contribution >= 4 is 5.91 Å². The Morgan fingerprint density at radius 2 is 1.82 bits per heavy atom. The summed E-state index contributed by atoms with van der Waals surface area (Å²) < 4.78 is 17.1. The van der Waals surface area contributed by atoms with Gasteiger partial charge in [0.15, 0.2) is 11.5 Å². The lowest BCUT2D eigenvalue weighted by Gasteiger charge is -2.25. The largest absolute Gasteiger partial charge is 0.493 e. The normalized spacial score (nSPS) is 13.9. The molecule has 0 aliphatic carbocycles. The van der Waals surface area contributed by atoms with Gasteiger partial charge >= 0.3 is 0 Å². The molecule has 0 radical (unpaired) electrons. The second kappa shape index (κ2) is 9.00. The second-order valence-corrected chi connectivity index (χ2v) is 7.56. The van der Waals surface area contributed by atoms with Gasteiger partial charge in [-0.2, -0.15) is 0 Å². The Labute approximate surface area is 167 Å². The molecule has 0 bridgehead atoms. The van der Waals surface area contributed by atoms with Crippen molar-refractivity contribution in [3.05, 3.63) is 53.1 Å². The summed E-state index contributed by atoms with van der Waals surface area (Å²) in [5.74, 6) is 2.54. The van der Waals surface area contributed by atoms with Crippen LogP contribution in [0.25, 0.3) is 0 Å². The first-order valence-electron chi connectivity index (χ1n) is 9.83. The number of carbonyl (C=O) groups is 1. The minimum atomic E-state index is -0.0935. The third-order valence-corrected chi connectivity index (χ3v) is 4.84. The lowest BCUT2D eigenvalue weighted by Crippen LogP contribution is -2.32. The maximum atomic E-state index is 12.5. The first kappa shape index (κ1) is 20.1. The highest BCUT2D eigenvalue weighted by molar-refractivity contribution is 5.76. The standard InChI is InChI=1S/C23H29NO4/c1-15(2)23(18-7-8-19-21(14-18)28-12-11-27-19)24-22(25)9-10-26-20-13-16(3)5-6-17(20)4/h5-8,13-15,23H,9-12H2,1-4H3,(H,24,25)/t23-/m0/s1. The monoisotopic (exact) mass is 383 g/mol. The molecular formula is C23H29NO4. The van der Waals surface area contributed by atoms with Crippen molar-refractivity contribution in [2.45, 2.75) is 40.2 Å². The molecule has 0 saturated carbocycles. The number of rotatable bonds is 7. The van der Waals surface area contributed by atoms with Crippen LogP contribution in [0.15, 0.2) is 36.4 Å². The minimum Gasteiger partial charge on any atom is -0.493 e.